The van der Waals surface area contributed by atoms with Crippen molar-refractivity contribution >= 4 is 15.8 Å². The number of nitrogens with one attached hydrogen (secondary N) is 1. The van der Waals surface area contributed by atoms with Crippen molar-refractivity contribution in [3.05, 3.63) is 72.6 Å². The third-order valence-corrected chi connectivity index (χ3v) is 6.62. The van der Waals surface area contributed by atoms with Crippen molar-refractivity contribution < 1.29 is 22.6 Å². The lowest BCUT2D eigenvalue weighted by molar-refractivity contribution is 0.325. The highest BCUT2D eigenvalue weighted by atomic mass is 32.2. The van der Waals surface area contributed by atoms with Gasteiger partial charge in [0.05, 0.1) is 12.0 Å². The van der Waals surface area contributed by atoms with E-state index >= 15 is 0 Å². The van der Waals surface area contributed by atoms with E-state index in [1.165, 1.54) is 31.6 Å². The second-order valence-electron chi connectivity index (χ2n) is 8.18. The van der Waals surface area contributed by atoms with Crippen LogP contribution in [0, 0.1) is 12.3 Å². The van der Waals surface area contributed by atoms with Gasteiger partial charge in [-0.2, -0.15) is 4.98 Å². The number of aromatic nitrogens is 4. The van der Waals surface area contributed by atoms with Gasteiger partial charge in [-0.25, -0.2) is 23.4 Å². The maximum absolute atomic E-state index is 13.4. The van der Waals surface area contributed by atoms with Gasteiger partial charge in [0.25, 0.3) is 15.9 Å². The second-order valence-corrected chi connectivity index (χ2v) is 9.86. The van der Waals surface area contributed by atoms with E-state index in [1.807, 2.05) is 13.8 Å². The molecule has 0 bridgehead atoms. The Morgan fingerprint density at radius 1 is 0.947 bits per heavy atom. The lowest BCUT2D eigenvalue weighted by Gasteiger charge is -2.17. The van der Waals surface area contributed by atoms with E-state index in [-0.39, 0.29) is 52.3 Å². The molecule has 4 aromatic rings. The van der Waals surface area contributed by atoms with Crippen molar-refractivity contribution in [2.75, 3.05) is 18.4 Å². The SMILES string of the molecule is C#CCOc1nc(-c2ncccn2)nc(NS(=O)(=O)c2ccc(C(C)C)cc2)c1Oc1ccccc1OC. The monoisotopic (exact) mass is 531 g/mol. The van der Waals surface area contributed by atoms with Gasteiger partial charge in [-0.15, -0.1) is 6.42 Å². The van der Waals surface area contributed by atoms with Crippen LogP contribution in [0.25, 0.3) is 11.6 Å². The normalized spacial score (nSPS) is 11.0. The van der Waals surface area contributed by atoms with E-state index in [2.05, 4.69) is 30.6 Å². The molecule has 1 N–H and O–H groups in total. The fourth-order valence-electron chi connectivity index (χ4n) is 3.34. The van der Waals surface area contributed by atoms with Crippen LogP contribution >= 0.6 is 0 Å². The molecule has 38 heavy (non-hydrogen) atoms. The van der Waals surface area contributed by atoms with Gasteiger partial charge >= 0.3 is 0 Å². The minimum Gasteiger partial charge on any atom is -0.493 e. The van der Waals surface area contributed by atoms with Gasteiger partial charge in [0.1, 0.15) is 0 Å². The highest BCUT2D eigenvalue weighted by Crippen LogP contribution is 2.41. The minimum absolute atomic E-state index is 0.00199. The Morgan fingerprint density at radius 2 is 1.63 bits per heavy atom. The number of anilines is 1. The zero-order valence-electron chi connectivity index (χ0n) is 21.0. The van der Waals surface area contributed by atoms with Crippen LogP contribution in [-0.2, 0) is 10.0 Å². The van der Waals surface area contributed by atoms with E-state index in [0.717, 1.165) is 5.56 Å². The van der Waals surface area contributed by atoms with Gasteiger partial charge in [0.2, 0.25) is 11.6 Å². The molecule has 0 fully saturated rings. The second kappa shape index (κ2) is 11.6. The van der Waals surface area contributed by atoms with E-state index in [9.17, 15) is 8.42 Å². The highest BCUT2D eigenvalue weighted by Gasteiger charge is 2.26. The number of methoxy groups -OCH3 is 1. The molecule has 0 aliphatic heterocycles. The molecule has 0 unspecified atom stereocenters. The lowest BCUT2D eigenvalue weighted by atomic mass is 10.0. The molecule has 2 aromatic carbocycles. The molecule has 0 saturated heterocycles. The highest BCUT2D eigenvalue weighted by molar-refractivity contribution is 7.92. The standard InChI is InChI=1S/C27H25N5O5S/c1-5-17-36-27-23(37-22-10-7-6-9-21(22)35-4)24(30-26(31-27)25-28-15-8-16-29-25)32-38(33,34)20-13-11-19(12-14-20)18(2)3/h1,6-16,18H,17H2,2-4H3,(H,30,31,32). The third-order valence-electron chi connectivity index (χ3n) is 5.26. The van der Waals surface area contributed by atoms with Gasteiger partial charge in [-0.1, -0.05) is 44.0 Å². The summed E-state index contributed by atoms with van der Waals surface area (Å²) in [6, 6.07) is 15.0. The van der Waals surface area contributed by atoms with Crippen LogP contribution in [0.1, 0.15) is 25.3 Å². The average Bonchev–Trinajstić information content (AvgIpc) is 2.93. The number of hydrogen-bond donors (Lipinski definition) is 1. The number of terminal acetylenes is 1. The van der Waals surface area contributed by atoms with Crippen LogP contribution in [0.3, 0.4) is 0 Å². The molecule has 11 heteroatoms. The predicted molar refractivity (Wildman–Crippen MR) is 142 cm³/mol. The summed E-state index contributed by atoms with van der Waals surface area (Å²) in [5.41, 5.74) is 1.000. The van der Waals surface area contributed by atoms with Crippen molar-refractivity contribution in [2.24, 2.45) is 0 Å². The molecule has 0 spiro atoms. The summed E-state index contributed by atoms with van der Waals surface area (Å²) in [4.78, 5) is 17.1. The molecule has 4 rings (SSSR count). The molecule has 0 atom stereocenters. The van der Waals surface area contributed by atoms with Crippen LogP contribution in [0.5, 0.6) is 23.1 Å². The molecular formula is C27H25N5O5S. The summed E-state index contributed by atoms with van der Waals surface area (Å²) in [6.45, 7) is 3.88. The first kappa shape index (κ1) is 26.4. The smallest absolute Gasteiger partial charge is 0.264 e. The molecule has 0 amide bonds. The number of ether oxygens (including phenoxy) is 3. The first-order valence-electron chi connectivity index (χ1n) is 11.5. The Morgan fingerprint density at radius 3 is 2.26 bits per heavy atom. The fourth-order valence-corrected chi connectivity index (χ4v) is 4.35. The van der Waals surface area contributed by atoms with Crippen LogP contribution < -0.4 is 18.9 Å². The fraction of sp³-hybridized carbons (Fsp3) is 0.185. The third kappa shape index (κ3) is 5.99. The Balaban J connectivity index is 1.86. The van der Waals surface area contributed by atoms with Crippen LogP contribution in [-0.4, -0.2) is 42.1 Å². The summed E-state index contributed by atoms with van der Waals surface area (Å²) < 4.78 is 46.5. The number of nitrogens with zero attached hydrogens (tertiary/aromatic N) is 4. The molecule has 0 saturated carbocycles. The molecule has 10 nitrogen and oxygen atoms in total. The quantitative estimate of drug-likeness (QED) is 0.291. The predicted octanol–water partition coefficient (Wildman–Crippen LogP) is 4.67. The first-order valence-corrected chi connectivity index (χ1v) is 13.0. The Hall–Kier alpha value is -4.69. The molecule has 0 radical (unpaired) electrons. The molecule has 2 heterocycles. The van der Waals surface area contributed by atoms with E-state index in [4.69, 9.17) is 20.6 Å². The van der Waals surface area contributed by atoms with Crippen molar-refractivity contribution in [3.8, 4) is 47.1 Å². The summed E-state index contributed by atoms with van der Waals surface area (Å²) in [5.74, 6) is 2.98. The Labute approximate surface area is 221 Å². The number of rotatable bonds is 10. The van der Waals surface area contributed by atoms with E-state index in [0.29, 0.717) is 5.75 Å². The van der Waals surface area contributed by atoms with Gasteiger partial charge in [0, 0.05) is 12.4 Å². The van der Waals surface area contributed by atoms with Crippen molar-refractivity contribution in [1.82, 2.24) is 19.9 Å². The molecular weight excluding hydrogens is 506 g/mol. The van der Waals surface area contributed by atoms with Crippen molar-refractivity contribution in [1.29, 1.82) is 0 Å². The molecule has 0 aliphatic carbocycles. The number of benzene rings is 2. The van der Waals surface area contributed by atoms with Gasteiger partial charge in [-0.3, -0.25) is 4.72 Å². The zero-order valence-corrected chi connectivity index (χ0v) is 21.8. The first-order chi connectivity index (χ1) is 18.3. The van der Waals surface area contributed by atoms with Crippen LogP contribution in [0.4, 0.5) is 5.82 Å². The largest absolute Gasteiger partial charge is 0.493 e. The summed E-state index contributed by atoms with van der Waals surface area (Å²) in [5, 5.41) is 0. The van der Waals surface area contributed by atoms with Crippen molar-refractivity contribution in [2.45, 2.75) is 24.7 Å². The maximum Gasteiger partial charge on any atom is 0.264 e. The lowest BCUT2D eigenvalue weighted by Crippen LogP contribution is -2.16. The molecule has 194 valence electrons. The van der Waals surface area contributed by atoms with Crippen LogP contribution in [0.15, 0.2) is 71.9 Å². The average molecular weight is 532 g/mol. The maximum atomic E-state index is 13.4. The number of para-hydroxylation sites is 2. The Kier molecular flexibility index (Phi) is 8.03. The summed E-state index contributed by atoms with van der Waals surface area (Å²) in [7, 11) is -2.63. The minimum atomic E-state index is -4.11. The molecule has 2 aromatic heterocycles. The number of hydrogen-bond acceptors (Lipinski definition) is 9. The zero-order chi connectivity index (χ0) is 27.1. The van der Waals surface area contributed by atoms with Crippen LogP contribution in [0.2, 0.25) is 0 Å². The summed E-state index contributed by atoms with van der Waals surface area (Å²) >= 11 is 0. The van der Waals surface area contributed by atoms with Gasteiger partial charge in [-0.05, 0) is 41.8 Å². The topological polar surface area (TPSA) is 125 Å². The van der Waals surface area contributed by atoms with Gasteiger partial charge in [0.15, 0.2) is 29.7 Å². The van der Waals surface area contributed by atoms with E-state index < -0.39 is 10.0 Å². The molecule has 0 aliphatic rings. The van der Waals surface area contributed by atoms with E-state index in [1.54, 1.807) is 42.5 Å². The summed E-state index contributed by atoms with van der Waals surface area (Å²) in [6.07, 6.45) is 8.42. The van der Waals surface area contributed by atoms with Crippen molar-refractivity contribution in [3.63, 3.8) is 0 Å². The van der Waals surface area contributed by atoms with Gasteiger partial charge < -0.3 is 14.2 Å². The number of sulfonamides is 1. The Bertz CT molecular complexity index is 1550.